The van der Waals surface area contributed by atoms with Crippen molar-refractivity contribution in [3.8, 4) is 0 Å². The van der Waals surface area contributed by atoms with E-state index in [-0.39, 0.29) is 0 Å². The Labute approximate surface area is 69.1 Å². The van der Waals surface area contributed by atoms with E-state index >= 15 is 0 Å². The van der Waals surface area contributed by atoms with Crippen LogP contribution in [0, 0.1) is 0 Å². The highest BCUT2D eigenvalue weighted by Crippen LogP contribution is 1.81. The third-order valence-corrected chi connectivity index (χ3v) is 1.08. The van der Waals surface area contributed by atoms with Crippen molar-refractivity contribution in [3.63, 3.8) is 0 Å². The molecule has 0 saturated carbocycles. The van der Waals surface area contributed by atoms with Gasteiger partial charge in [0.1, 0.15) is 0 Å². The van der Waals surface area contributed by atoms with Crippen LogP contribution in [0.4, 0.5) is 0 Å². The van der Waals surface area contributed by atoms with Crippen LogP contribution >= 0.6 is 0 Å². The first-order chi connectivity index (χ1) is 5.41. The minimum atomic E-state index is 0.705. The predicted octanol–water partition coefficient (Wildman–Crippen LogP) is 2.71. The second-order valence-electron chi connectivity index (χ2n) is 2.00. The van der Waals surface area contributed by atoms with E-state index in [0.29, 0.717) is 6.61 Å². The topological polar surface area (TPSA) is 9.23 Å². The first-order valence-electron chi connectivity index (χ1n) is 3.94. The minimum absolute atomic E-state index is 0.705. The highest BCUT2D eigenvalue weighted by Gasteiger charge is 1.71. The Hall–Kier alpha value is -0.820. The molecule has 11 heavy (non-hydrogen) atoms. The molecular weight excluding hydrogens is 136 g/mol. The zero-order valence-electron chi connectivity index (χ0n) is 7.29. The lowest BCUT2D eigenvalue weighted by atomic mass is 10.4. The Balaban J connectivity index is 3.28. The standard InChI is InChI=1S/C10H16O/c1-3-5-6-7-8-9-10-11-4-2/h3,5-9H,4,10H2,1-2H3/b5-3-,7-6-,9-8+. The summed E-state index contributed by atoms with van der Waals surface area (Å²) in [5.74, 6) is 0. The smallest absolute Gasteiger partial charge is 0.0650 e. The van der Waals surface area contributed by atoms with E-state index in [9.17, 15) is 0 Å². The van der Waals surface area contributed by atoms with Crippen molar-refractivity contribution in [1.29, 1.82) is 0 Å². The summed E-state index contributed by atoms with van der Waals surface area (Å²) >= 11 is 0. The summed E-state index contributed by atoms with van der Waals surface area (Å²) in [6.07, 6.45) is 11.9. The molecule has 0 unspecified atom stereocenters. The first kappa shape index (κ1) is 10.2. The van der Waals surface area contributed by atoms with Gasteiger partial charge in [-0.1, -0.05) is 36.5 Å². The van der Waals surface area contributed by atoms with Gasteiger partial charge in [0.25, 0.3) is 0 Å². The van der Waals surface area contributed by atoms with Crippen molar-refractivity contribution >= 4 is 0 Å². The van der Waals surface area contributed by atoms with Gasteiger partial charge in [-0.15, -0.1) is 0 Å². The maximum absolute atomic E-state index is 5.10. The summed E-state index contributed by atoms with van der Waals surface area (Å²) in [7, 11) is 0. The molecule has 0 heterocycles. The van der Waals surface area contributed by atoms with Gasteiger partial charge in [0.15, 0.2) is 0 Å². The van der Waals surface area contributed by atoms with Gasteiger partial charge in [-0.25, -0.2) is 0 Å². The van der Waals surface area contributed by atoms with Crippen LogP contribution in [-0.2, 0) is 4.74 Å². The van der Waals surface area contributed by atoms with E-state index < -0.39 is 0 Å². The molecule has 0 bridgehead atoms. The maximum Gasteiger partial charge on any atom is 0.0650 e. The lowest BCUT2D eigenvalue weighted by Gasteiger charge is -1.90. The van der Waals surface area contributed by atoms with Gasteiger partial charge in [-0.2, -0.15) is 0 Å². The van der Waals surface area contributed by atoms with E-state index in [1.54, 1.807) is 0 Å². The molecule has 0 N–H and O–H groups in total. The predicted molar refractivity (Wildman–Crippen MR) is 49.6 cm³/mol. The first-order valence-corrected chi connectivity index (χ1v) is 3.94. The van der Waals surface area contributed by atoms with Crippen LogP contribution < -0.4 is 0 Å². The molecule has 0 aliphatic heterocycles. The van der Waals surface area contributed by atoms with Crippen molar-refractivity contribution in [2.45, 2.75) is 13.8 Å². The van der Waals surface area contributed by atoms with E-state index in [0.717, 1.165) is 6.61 Å². The van der Waals surface area contributed by atoms with Gasteiger partial charge in [0.05, 0.1) is 6.61 Å². The van der Waals surface area contributed by atoms with Crippen molar-refractivity contribution in [3.05, 3.63) is 36.5 Å². The van der Waals surface area contributed by atoms with Crippen LogP contribution in [0.15, 0.2) is 36.5 Å². The molecule has 62 valence electrons. The zero-order chi connectivity index (χ0) is 8.36. The van der Waals surface area contributed by atoms with Crippen LogP contribution in [0.2, 0.25) is 0 Å². The van der Waals surface area contributed by atoms with Crippen LogP contribution in [0.5, 0.6) is 0 Å². The third-order valence-electron chi connectivity index (χ3n) is 1.08. The molecule has 0 fully saturated rings. The quantitative estimate of drug-likeness (QED) is 0.435. The largest absolute Gasteiger partial charge is 0.378 e. The van der Waals surface area contributed by atoms with Crippen LogP contribution in [0.25, 0.3) is 0 Å². The third kappa shape index (κ3) is 9.18. The summed E-state index contributed by atoms with van der Waals surface area (Å²) in [5.41, 5.74) is 0. The highest BCUT2D eigenvalue weighted by atomic mass is 16.5. The van der Waals surface area contributed by atoms with Gasteiger partial charge in [0, 0.05) is 6.61 Å². The van der Waals surface area contributed by atoms with Crippen molar-refractivity contribution < 1.29 is 4.74 Å². The zero-order valence-corrected chi connectivity index (χ0v) is 7.29. The Morgan fingerprint density at radius 3 is 2.45 bits per heavy atom. The van der Waals surface area contributed by atoms with Gasteiger partial charge < -0.3 is 4.74 Å². The van der Waals surface area contributed by atoms with Gasteiger partial charge >= 0.3 is 0 Å². The summed E-state index contributed by atoms with van der Waals surface area (Å²) in [6.45, 7) is 5.47. The fourth-order valence-electron chi connectivity index (χ4n) is 0.559. The molecule has 0 aromatic carbocycles. The van der Waals surface area contributed by atoms with Crippen LogP contribution in [0.1, 0.15) is 13.8 Å². The summed E-state index contributed by atoms with van der Waals surface area (Å²) < 4.78 is 5.10. The number of rotatable bonds is 5. The monoisotopic (exact) mass is 152 g/mol. The van der Waals surface area contributed by atoms with Gasteiger partial charge in [-0.3, -0.25) is 0 Å². The average molecular weight is 152 g/mol. The normalized spacial score (nSPS) is 12.5. The molecule has 0 saturated heterocycles. The fourth-order valence-corrected chi connectivity index (χ4v) is 0.559. The Morgan fingerprint density at radius 1 is 1.09 bits per heavy atom. The van der Waals surface area contributed by atoms with E-state index in [2.05, 4.69) is 0 Å². The molecule has 0 spiro atoms. The van der Waals surface area contributed by atoms with Crippen LogP contribution in [-0.4, -0.2) is 13.2 Å². The fraction of sp³-hybridized carbons (Fsp3) is 0.400. The van der Waals surface area contributed by atoms with Crippen molar-refractivity contribution in [2.75, 3.05) is 13.2 Å². The molecule has 0 amide bonds. The van der Waals surface area contributed by atoms with Gasteiger partial charge in [0.2, 0.25) is 0 Å². The van der Waals surface area contributed by atoms with Crippen molar-refractivity contribution in [1.82, 2.24) is 0 Å². The average Bonchev–Trinajstić information content (AvgIpc) is 2.03. The number of hydrogen-bond acceptors (Lipinski definition) is 1. The second-order valence-corrected chi connectivity index (χ2v) is 2.00. The number of hydrogen-bond donors (Lipinski definition) is 0. The Bertz CT molecular complexity index is 143. The number of ether oxygens (including phenoxy) is 1. The lowest BCUT2D eigenvalue weighted by Crippen LogP contribution is -1.87. The van der Waals surface area contributed by atoms with Crippen molar-refractivity contribution in [2.24, 2.45) is 0 Å². The number of allylic oxidation sites excluding steroid dienone is 5. The molecule has 0 aromatic rings. The minimum Gasteiger partial charge on any atom is -0.378 e. The summed E-state index contributed by atoms with van der Waals surface area (Å²) in [4.78, 5) is 0. The molecular formula is C10H16O. The molecule has 1 nitrogen and oxygen atoms in total. The molecule has 0 aliphatic rings. The van der Waals surface area contributed by atoms with E-state index in [1.165, 1.54) is 0 Å². The second kappa shape index (κ2) is 9.18. The molecule has 0 radical (unpaired) electrons. The van der Waals surface area contributed by atoms with Gasteiger partial charge in [-0.05, 0) is 13.8 Å². The summed E-state index contributed by atoms with van der Waals surface area (Å²) in [6, 6.07) is 0. The Kier molecular flexibility index (Phi) is 8.50. The highest BCUT2D eigenvalue weighted by molar-refractivity contribution is 5.10. The molecule has 0 aromatic heterocycles. The molecule has 1 heteroatoms. The molecule has 0 aliphatic carbocycles. The molecule has 0 rings (SSSR count). The Morgan fingerprint density at radius 2 is 1.82 bits per heavy atom. The summed E-state index contributed by atoms with van der Waals surface area (Å²) in [5, 5.41) is 0. The van der Waals surface area contributed by atoms with E-state index in [4.69, 9.17) is 4.74 Å². The maximum atomic E-state index is 5.10. The van der Waals surface area contributed by atoms with E-state index in [1.807, 2.05) is 50.3 Å². The SMILES string of the molecule is C\C=C/C=C\C=C\COCC. The molecule has 0 atom stereocenters. The lowest BCUT2D eigenvalue weighted by molar-refractivity contribution is 0.177. The van der Waals surface area contributed by atoms with Crippen LogP contribution in [0.3, 0.4) is 0 Å².